The molecule has 0 spiro atoms. The van der Waals surface area contributed by atoms with Crippen LogP contribution < -0.4 is 0 Å². The van der Waals surface area contributed by atoms with E-state index in [1.165, 1.54) is 12.5 Å². The highest BCUT2D eigenvalue weighted by Gasteiger charge is 1.84. The first kappa shape index (κ1) is 11.2. The predicted molar refractivity (Wildman–Crippen MR) is 31.8 cm³/mol. The Kier molecular flexibility index (Phi) is 6.25. The summed E-state index contributed by atoms with van der Waals surface area (Å²) in [5.74, 6) is 0. The Bertz CT molecular complexity index is 206. The molecule has 0 radical (unpaired) electrons. The predicted octanol–water partition coefficient (Wildman–Crippen LogP) is -1.91. The fraction of sp³-hybridized carbons (Fsp3) is 0. The average molecular weight is 142 g/mol. The van der Waals surface area contributed by atoms with Crippen molar-refractivity contribution in [3.8, 4) is 6.07 Å². The zero-order chi connectivity index (χ0) is 5.82. The molecule has 0 amide bonds. The SMILES string of the molecule is N#Cc1cncnn1.O.O. The van der Waals surface area contributed by atoms with Crippen LogP contribution in [-0.4, -0.2) is 26.1 Å². The first-order valence-electron chi connectivity index (χ1n) is 1.96. The van der Waals surface area contributed by atoms with Gasteiger partial charge in [-0.25, -0.2) is 4.98 Å². The summed E-state index contributed by atoms with van der Waals surface area (Å²) >= 11 is 0. The largest absolute Gasteiger partial charge is 0.412 e. The highest BCUT2D eigenvalue weighted by atomic mass is 16.0. The maximum Gasteiger partial charge on any atom is 0.181 e. The quantitative estimate of drug-likeness (QED) is 0.419. The molecule has 0 atom stereocenters. The Balaban J connectivity index is 0. The van der Waals surface area contributed by atoms with Gasteiger partial charge in [-0.05, 0) is 0 Å². The van der Waals surface area contributed by atoms with Gasteiger partial charge >= 0.3 is 0 Å². The van der Waals surface area contributed by atoms with Crippen molar-refractivity contribution in [1.82, 2.24) is 15.2 Å². The molecule has 1 aromatic heterocycles. The minimum atomic E-state index is 0. The summed E-state index contributed by atoms with van der Waals surface area (Å²) in [6.45, 7) is 0. The minimum Gasteiger partial charge on any atom is -0.412 e. The number of nitriles is 1. The van der Waals surface area contributed by atoms with Gasteiger partial charge in [0.15, 0.2) is 5.69 Å². The second kappa shape index (κ2) is 5.55. The van der Waals surface area contributed by atoms with Crippen molar-refractivity contribution in [2.45, 2.75) is 0 Å². The molecule has 0 aliphatic heterocycles. The lowest BCUT2D eigenvalue weighted by Gasteiger charge is -1.77. The molecule has 0 aromatic carbocycles. The summed E-state index contributed by atoms with van der Waals surface area (Å²) in [6, 6.07) is 1.79. The van der Waals surface area contributed by atoms with Crippen LogP contribution in [0.1, 0.15) is 5.69 Å². The van der Waals surface area contributed by atoms with E-state index < -0.39 is 0 Å². The second-order valence-electron chi connectivity index (χ2n) is 1.11. The molecule has 0 unspecified atom stereocenters. The summed E-state index contributed by atoms with van der Waals surface area (Å²) in [5.41, 5.74) is 0.243. The molecule has 0 saturated heterocycles. The van der Waals surface area contributed by atoms with Gasteiger partial charge in [-0.2, -0.15) is 5.26 Å². The molecule has 6 heteroatoms. The lowest BCUT2D eigenvalue weighted by Crippen LogP contribution is -1.85. The molecule has 0 fully saturated rings. The lowest BCUT2D eigenvalue weighted by atomic mass is 10.5. The third-order valence-electron chi connectivity index (χ3n) is 0.595. The molecule has 10 heavy (non-hydrogen) atoms. The van der Waals surface area contributed by atoms with Crippen LogP contribution in [0, 0.1) is 11.3 Å². The van der Waals surface area contributed by atoms with Crippen LogP contribution >= 0.6 is 0 Å². The summed E-state index contributed by atoms with van der Waals surface area (Å²) in [7, 11) is 0. The third kappa shape index (κ3) is 2.66. The maximum absolute atomic E-state index is 8.15. The summed E-state index contributed by atoms with van der Waals surface area (Å²) in [4.78, 5) is 3.56. The van der Waals surface area contributed by atoms with E-state index in [-0.39, 0.29) is 16.6 Å². The monoisotopic (exact) mass is 142 g/mol. The van der Waals surface area contributed by atoms with Crippen molar-refractivity contribution in [2.75, 3.05) is 0 Å². The van der Waals surface area contributed by atoms with Crippen molar-refractivity contribution >= 4 is 0 Å². The van der Waals surface area contributed by atoms with Gasteiger partial charge in [0.25, 0.3) is 0 Å². The molecule has 1 rings (SSSR count). The number of hydrogen-bond donors (Lipinski definition) is 0. The fourth-order valence-corrected chi connectivity index (χ4v) is 0.299. The van der Waals surface area contributed by atoms with Gasteiger partial charge in [0.05, 0.1) is 6.20 Å². The van der Waals surface area contributed by atoms with Crippen molar-refractivity contribution in [3.63, 3.8) is 0 Å². The maximum atomic E-state index is 8.15. The minimum absolute atomic E-state index is 0. The lowest BCUT2D eigenvalue weighted by molar-refractivity contribution is 0.823. The molecule has 0 aliphatic rings. The number of nitrogens with zero attached hydrogens (tertiary/aromatic N) is 4. The molecule has 1 heterocycles. The Hall–Kier alpha value is -1.58. The first-order valence-corrected chi connectivity index (χ1v) is 1.96. The summed E-state index contributed by atoms with van der Waals surface area (Å²) in [5, 5.41) is 14.9. The van der Waals surface area contributed by atoms with Gasteiger partial charge in [-0.15, -0.1) is 10.2 Å². The highest BCUT2D eigenvalue weighted by molar-refractivity contribution is 5.11. The third-order valence-corrected chi connectivity index (χ3v) is 0.595. The van der Waals surface area contributed by atoms with Crippen LogP contribution in [0.15, 0.2) is 12.5 Å². The van der Waals surface area contributed by atoms with E-state index in [0.717, 1.165) is 0 Å². The summed E-state index contributed by atoms with van der Waals surface area (Å²) < 4.78 is 0. The van der Waals surface area contributed by atoms with Gasteiger partial charge in [-0.1, -0.05) is 0 Å². The van der Waals surface area contributed by atoms with E-state index >= 15 is 0 Å². The average Bonchev–Trinajstić information content (AvgIpc) is 1.90. The fourth-order valence-electron chi connectivity index (χ4n) is 0.299. The first-order chi connectivity index (χ1) is 3.93. The van der Waals surface area contributed by atoms with E-state index in [2.05, 4.69) is 15.2 Å². The molecule has 0 aliphatic carbocycles. The molecule has 6 nitrogen and oxygen atoms in total. The molecule has 0 bridgehead atoms. The van der Waals surface area contributed by atoms with Crippen molar-refractivity contribution in [3.05, 3.63) is 18.2 Å². The topological polar surface area (TPSA) is 125 Å². The smallest absolute Gasteiger partial charge is 0.181 e. The molecule has 54 valence electrons. The Morgan fingerprint density at radius 1 is 1.40 bits per heavy atom. The Labute approximate surface area is 56.8 Å². The Morgan fingerprint density at radius 3 is 2.40 bits per heavy atom. The normalized spacial score (nSPS) is 6.30. The molecule has 4 N–H and O–H groups in total. The van der Waals surface area contributed by atoms with Crippen LogP contribution in [0.2, 0.25) is 0 Å². The number of rotatable bonds is 0. The zero-order valence-corrected chi connectivity index (χ0v) is 4.94. The van der Waals surface area contributed by atoms with Crippen LogP contribution in [0.4, 0.5) is 0 Å². The molecular weight excluding hydrogens is 136 g/mol. The van der Waals surface area contributed by atoms with Crippen LogP contribution in [0.3, 0.4) is 0 Å². The van der Waals surface area contributed by atoms with Gasteiger partial charge in [-0.3, -0.25) is 0 Å². The number of aromatic nitrogens is 3. The number of hydrogen-bond acceptors (Lipinski definition) is 4. The van der Waals surface area contributed by atoms with Gasteiger partial charge in [0.1, 0.15) is 12.4 Å². The van der Waals surface area contributed by atoms with E-state index in [1.807, 2.05) is 0 Å². The molecular formula is C4H6N4O2. The van der Waals surface area contributed by atoms with Crippen molar-refractivity contribution < 1.29 is 11.0 Å². The van der Waals surface area contributed by atoms with Crippen molar-refractivity contribution in [2.24, 2.45) is 0 Å². The highest BCUT2D eigenvalue weighted by Crippen LogP contribution is 1.79. The van der Waals surface area contributed by atoms with Gasteiger partial charge < -0.3 is 11.0 Å². The van der Waals surface area contributed by atoms with E-state index in [0.29, 0.717) is 0 Å². The van der Waals surface area contributed by atoms with Gasteiger partial charge in [0, 0.05) is 0 Å². The standard InChI is InChI=1S/C4H2N4.2H2O/c5-1-4-2-6-3-7-8-4;;/h2-3H;2*1H2. The molecule has 0 saturated carbocycles. The zero-order valence-electron chi connectivity index (χ0n) is 4.94. The van der Waals surface area contributed by atoms with Crippen LogP contribution in [0.25, 0.3) is 0 Å². The van der Waals surface area contributed by atoms with Crippen molar-refractivity contribution in [1.29, 1.82) is 5.26 Å². The van der Waals surface area contributed by atoms with E-state index in [4.69, 9.17) is 5.26 Å². The molecule has 1 aromatic rings. The van der Waals surface area contributed by atoms with E-state index in [1.54, 1.807) is 6.07 Å². The van der Waals surface area contributed by atoms with Crippen LogP contribution in [0.5, 0.6) is 0 Å². The van der Waals surface area contributed by atoms with Gasteiger partial charge in [0.2, 0.25) is 0 Å². The van der Waals surface area contributed by atoms with E-state index in [9.17, 15) is 0 Å². The van der Waals surface area contributed by atoms with Crippen LogP contribution in [-0.2, 0) is 0 Å². The second-order valence-corrected chi connectivity index (χ2v) is 1.11. The Morgan fingerprint density at radius 2 is 2.10 bits per heavy atom. The summed E-state index contributed by atoms with van der Waals surface area (Å²) in [6.07, 6.45) is 2.63.